The molecule has 0 radical (unpaired) electrons. The molecule has 1 aromatic carbocycles. The Kier molecular flexibility index (Phi) is 8.03. The second-order valence-corrected chi connectivity index (χ2v) is 6.76. The van der Waals surface area contributed by atoms with E-state index in [1.165, 1.54) is 12.1 Å². The summed E-state index contributed by atoms with van der Waals surface area (Å²) in [6, 6.07) is 3.63. The number of hydrogen-bond acceptors (Lipinski definition) is 6. The normalized spacial score (nSPS) is 11.3. The van der Waals surface area contributed by atoms with Gasteiger partial charge < -0.3 is 10.5 Å². The van der Waals surface area contributed by atoms with E-state index in [1.807, 2.05) is 0 Å². The van der Waals surface area contributed by atoms with Crippen molar-refractivity contribution in [2.45, 2.75) is 50.3 Å². The van der Waals surface area contributed by atoms with E-state index >= 15 is 0 Å². The fraction of sp³-hybridized carbons (Fsp3) is 0.500. The van der Waals surface area contributed by atoms with Gasteiger partial charge >= 0.3 is 5.97 Å². The van der Waals surface area contributed by atoms with E-state index in [1.54, 1.807) is 0 Å². The van der Waals surface area contributed by atoms with Crippen molar-refractivity contribution < 1.29 is 27.3 Å². The van der Waals surface area contributed by atoms with E-state index in [4.69, 9.17) is 10.5 Å². The van der Waals surface area contributed by atoms with Crippen LogP contribution in [0.4, 0.5) is 0 Å². The molecule has 0 aliphatic carbocycles. The zero-order valence-electron chi connectivity index (χ0n) is 13.7. The third kappa shape index (κ3) is 6.03. The van der Waals surface area contributed by atoms with Crippen molar-refractivity contribution in [1.29, 1.82) is 0 Å². The maximum Gasteiger partial charge on any atom is 0.311 e. The van der Waals surface area contributed by atoms with E-state index in [0.717, 1.165) is 31.7 Å². The first kappa shape index (κ1) is 20.3. The SMILES string of the molecule is CCCCCCCC(=O)Oc1cccc(S(=O)(=O)O)c1C(=O)CN. The molecular formula is C16H23NO6S. The second-order valence-electron chi connectivity index (χ2n) is 5.37. The predicted octanol–water partition coefficient (Wildman–Crippen LogP) is 2.34. The van der Waals surface area contributed by atoms with Gasteiger partial charge in [-0.3, -0.25) is 14.1 Å². The fourth-order valence-electron chi connectivity index (χ4n) is 2.23. The van der Waals surface area contributed by atoms with Crippen LogP contribution in [0.3, 0.4) is 0 Å². The minimum Gasteiger partial charge on any atom is -0.426 e. The van der Waals surface area contributed by atoms with Crippen LogP contribution in [0.1, 0.15) is 55.8 Å². The maximum atomic E-state index is 11.9. The van der Waals surface area contributed by atoms with E-state index < -0.39 is 38.9 Å². The lowest BCUT2D eigenvalue weighted by molar-refractivity contribution is -0.134. The van der Waals surface area contributed by atoms with Crippen LogP contribution in [0.2, 0.25) is 0 Å². The number of rotatable bonds is 10. The number of carbonyl (C=O) groups excluding carboxylic acids is 2. The van der Waals surface area contributed by atoms with Crippen molar-refractivity contribution in [3.63, 3.8) is 0 Å². The van der Waals surface area contributed by atoms with Crippen molar-refractivity contribution in [2.24, 2.45) is 5.73 Å². The van der Waals surface area contributed by atoms with Gasteiger partial charge in [-0.05, 0) is 18.6 Å². The first-order valence-electron chi connectivity index (χ1n) is 7.85. The largest absolute Gasteiger partial charge is 0.426 e. The molecular weight excluding hydrogens is 334 g/mol. The molecule has 0 unspecified atom stereocenters. The third-order valence-corrected chi connectivity index (χ3v) is 4.33. The summed E-state index contributed by atoms with van der Waals surface area (Å²) in [7, 11) is -4.64. The zero-order valence-corrected chi connectivity index (χ0v) is 14.5. The van der Waals surface area contributed by atoms with Gasteiger partial charge in [-0.15, -0.1) is 0 Å². The molecule has 0 spiro atoms. The lowest BCUT2D eigenvalue weighted by Crippen LogP contribution is -2.20. The van der Waals surface area contributed by atoms with Gasteiger partial charge in [0, 0.05) is 6.42 Å². The number of ketones is 1. The van der Waals surface area contributed by atoms with E-state index in [0.29, 0.717) is 6.42 Å². The van der Waals surface area contributed by atoms with Gasteiger partial charge in [0.15, 0.2) is 5.78 Å². The molecule has 7 nitrogen and oxygen atoms in total. The third-order valence-electron chi connectivity index (χ3n) is 3.44. The summed E-state index contributed by atoms with van der Waals surface area (Å²) in [6.45, 7) is 1.61. The van der Waals surface area contributed by atoms with Crippen LogP contribution < -0.4 is 10.5 Å². The number of ether oxygens (including phenoxy) is 1. The molecule has 0 aliphatic heterocycles. The van der Waals surface area contributed by atoms with Crippen LogP contribution in [-0.4, -0.2) is 31.3 Å². The van der Waals surface area contributed by atoms with Crippen molar-refractivity contribution in [2.75, 3.05) is 6.54 Å². The van der Waals surface area contributed by atoms with Gasteiger partial charge in [0.2, 0.25) is 0 Å². The first-order valence-corrected chi connectivity index (χ1v) is 9.29. The van der Waals surface area contributed by atoms with Crippen LogP contribution >= 0.6 is 0 Å². The summed E-state index contributed by atoms with van der Waals surface area (Å²) in [5, 5.41) is 0. The van der Waals surface area contributed by atoms with Gasteiger partial charge in [0.1, 0.15) is 10.6 Å². The highest BCUT2D eigenvalue weighted by Crippen LogP contribution is 2.27. The molecule has 1 rings (SSSR count). The Morgan fingerprint density at radius 2 is 1.83 bits per heavy atom. The number of unbranched alkanes of at least 4 members (excludes halogenated alkanes) is 4. The minimum absolute atomic E-state index is 0.163. The maximum absolute atomic E-state index is 11.9. The van der Waals surface area contributed by atoms with Crippen molar-refractivity contribution in [3.05, 3.63) is 23.8 Å². The topological polar surface area (TPSA) is 124 Å². The molecule has 0 amide bonds. The molecule has 0 saturated heterocycles. The number of nitrogens with two attached hydrogens (primary N) is 1. The molecule has 1 aromatic rings. The Morgan fingerprint density at radius 3 is 2.42 bits per heavy atom. The fourth-order valence-corrected chi connectivity index (χ4v) is 2.96. The summed E-state index contributed by atoms with van der Waals surface area (Å²) < 4.78 is 37.2. The summed E-state index contributed by atoms with van der Waals surface area (Å²) in [6.07, 6.45) is 4.92. The molecule has 0 bridgehead atoms. The van der Waals surface area contributed by atoms with E-state index in [-0.39, 0.29) is 12.2 Å². The number of carbonyl (C=O) groups is 2. The standard InChI is InChI=1S/C16H23NO6S/c1-2-3-4-5-6-10-15(19)23-13-8-7-9-14(24(20,21)22)16(13)12(18)11-17/h7-9H,2-6,10-11,17H2,1H3,(H,20,21,22). The molecule has 3 N–H and O–H groups in total. The summed E-state index contributed by atoms with van der Waals surface area (Å²) >= 11 is 0. The summed E-state index contributed by atoms with van der Waals surface area (Å²) in [5.74, 6) is -1.52. The van der Waals surface area contributed by atoms with Crippen molar-refractivity contribution >= 4 is 21.9 Å². The second kappa shape index (κ2) is 9.51. The number of esters is 1. The Bertz CT molecular complexity index is 684. The Hall–Kier alpha value is -1.77. The zero-order chi connectivity index (χ0) is 18.2. The van der Waals surface area contributed by atoms with Crippen LogP contribution in [-0.2, 0) is 14.9 Å². The van der Waals surface area contributed by atoms with Crippen molar-refractivity contribution in [1.82, 2.24) is 0 Å². The minimum atomic E-state index is -4.64. The monoisotopic (exact) mass is 357 g/mol. The summed E-state index contributed by atoms with van der Waals surface area (Å²) in [5.41, 5.74) is 4.88. The van der Waals surface area contributed by atoms with Crippen LogP contribution in [0.15, 0.2) is 23.1 Å². The van der Waals surface area contributed by atoms with Gasteiger partial charge in [-0.25, -0.2) is 0 Å². The van der Waals surface area contributed by atoms with E-state index in [9.17, 15) is 22.6 Å². The number of Topliss-reactive ketones (excluding diaryl/α,β-unsaturated/α-hetero) is 1. The predicted molar refractivity (Wildman–Crippen MR) is 88.7 cm³/mol. The molecule has 0 fully saturated rings. The van der Waals surface area contributed by atoms with Gasteiger partial charge in [-0.1, -0.05) is 38.7 Å². The Morgan fingerprint density at radius 1 is 1.17 bits per heavy atom. The lowest BCUT2D eigenvalue weighted by atomic mass is 10.1. The lowest BCUT2D eigenvalue weighted by Gasteiger charge is -2.12. The molecule has 0 aliphatic rings. The average molecular weight is 357 g/mol. The summed E-state index contributed by atoms with van der Waals surface area (Å²) in [4.78, 5) is 23.2. The molecule has 24 heavy (non-hydrogen) atoms. The molecule has 0 heterocycles. The van der Waals surface area contributed by atoms with E-state index in [2.05, 4.69) is 6.92 Å². The molecule has 0 atom stereocenters. The highest BCUT2D eigenvalue weighted by Gasteiger charge is 2.25. The quantitative estimate of drug-likeness (QED) is 0.216. The highest BCUT2D eigenvalue weighted by atomic mass is 32.2. The Labute approximate surface area is 141 Å². The highest BCUT2D eigenvalue weighted by molar-refractivity contribution is 7.86. The first-order chi connectivity index (χ1) is 11.3. The molecule has 0 saturated carbocycles. The molecule has 134 valence electrons. The van der Waals surface area contributed by atoms with Crippen LogP contribution in [0, 0.1) is 0 Å². The number of hydrogen-bond donors (Lipinski definition) is 2. The smallest absolute Gasteiger partial charge is 0.311 e. The van der Waals surface area contributed by atoms with Crippen LogP contribution in [0.25, 0.3) is 0 Å². The average Bonchev–Trinajstić information content (AvgIpc) is 2.53. The molecule has 8 heteroatoms. The molecule has 0 aromatic heterocycles. The van der Waals surface area contributed by atoms with Gasteiger partial charge in [0.25, 0.3) is 10.1 Å². The van der Waals surface area contributed by atoms with Crippen molar-refractivity contribution in [3.8, 4) is 5.75 Å². The number of benzene rings is 1. The van der Waals surface area contributed by atoms with Crippen LogP contribution in [0.5, 0.6) is 5.75 Å². The Balaban J connectivity index is 2.91. The van der Waals surface area contributed by atoms with Gasteiger partial charge in [-0.2, -0.15) is 8.42 Å². The van der Waals surface area contributed by atoms with Gasteiger partial charge in [0.05, 0.1) is 12.1 Å².